The summed E-state index contributed by atoms with van der Waals surface area (Å²) in [6, 6.07) is 2.18. The first-order valence-corrected chi connectivity index (χ1v) is 6.00. The molecule has 3 heteroatoms. The predicted octanol–water partition coefficient (Wildman–Crippen LogP) is 3.45. The van der Waals surface area contributed by atoms with Crippen molar-refractivity contribution in [2.24, 2.45) is 0 Å². The van der Waals surface area contributed by atoms with Crippen molar-refractivity contribution in [1.29, 1.82) is 0 Å². The van der Waals surface area contributed by atoms with Crippen LogP contribution in [0, 0.1) is 5.82 Å². The molecule has 0 aromatic carbocycles. The Bertz CT molecular complexity index is 313. The van der Waals surface area contributed by atoms with Gasteiger partial charge in [-0.3, -0.25) is 4.98 Å². The molecule has 1 aromatic heterocycles. The van der Waals surface area contributed by atoms with Crippen molar-refractivity contribution in [3.05, 3.63) is 29.8 Å². The van der Waals surface area contributed by atoms with Crippen LogP contribution in [0.4, 0.5) is 4.39 Å². The summed E-state index contributed by atoms with van der Waals surface area (Å²) < 4.78 is 13.1. The van der Waals surface area contributed by atoms with E-state index in [1.807, 2.05) is 0 Å². The molecule has 90 valence electrons. The van der Waals surface area contributed by atoms with Crippen molar-refractivity contribution in [2.45, 2.75) is 52.1 Å². The van der Waals surface area contributed by atoms with Crippen molar-refractivity contribution >= 4 is 0 Å². The Morgan fingerprint density at radius 2 is 2.12 bits per heavy atom. The minimum absolute atomic E-state index is 0.211. The summed E-state index contributed by atoms with van der Waals surface area (Å²) in [6.45, 7) is 6.37. The van der Waals surface area contributed by atoms with Gasteiger partial charge in [-0.2, -0.15) is 0 Å². The van der Waals surface area contributed by atoms with Crippen molar-refractivity contribution in [2.75, 3.05) is 0 Å². The number of rotatable bonds is 6. The van der Waals surface area contributed by atoms with Crippen LogP contribution in [0.1, 0.15) is 51.6 Å². The van der Waals surface area contributed by atoms with Crippen LogP contribution in [-0.2, 0) is 0 Å². The van der Waals surface area contributed by atoms with Crippen LogP contribution < -0.4 is 5.32 Å². The molecule has 0 aliphatic rings. The predicted molar refractivity (Wildman–Crippen MR) is 64.7 cm³/mol. The quantitative estimate of drug-likeness (QED) is 0.800. The van der Waals surface area contributed by atoms with E-state index in [0.29, 0.717) is 6.04 Å². The molecule has 1 unspecified atom stereocenters. The van der Waals surface area contributed by atoms with Crippen molar-refractivity contribution < 1.29 is 4.39 Å². The highest BCUT2D eigenvalue weighted by Crippen LogP contribution is 2.19. The number of nitrogens with zero attached hydrogens (tertiary/aromatic N) is 1. The Hall–Kier alpha value is -0.960. The Balaban J connectivity index is 2.74. The number of halogens is 1. The van der Waals surface area contributed by atoms with Gasteiger partial charge < -0.3 is 5.32 Å². The maximum absolute atomic E-state index is 13.1. The lowest BCUT2D eigenvalue weighted by Gasteiger charge is -2.21. The minimum atomic E-state index is -0.260. The highest BCUT2D eigenvalue weighted by Gasteiger charge is 2.12. The monoisotopic (exact) mass is 224 g/mol. The molecule has 1 atom stereocenters. The summed E-state index contributed by atoms with van der Waals surface area (Å²) in [5, 5.41) is 3.45. The molecule has 16 heavy (non-hydrogen) atoms. The third kappa shape index (κ3) is 4.27. The van der Waals surface area contributed by atoms with Crippen LogP contribution in [0.2, 0.25) is 0 Å². The second kappa shape index (κ2) is 6.59. The molecule has 1 aromatic rings. The topological polar surface area (TPSA) is 24.9 Å². The zero-order chi connectivity index (χ0) is 12.0. The Morgan fingerprint density at radius 1 is 1.38 bits per heavy atom. The zero-order valence-electron chi connectivity index (χ0n) is 10.3. The second-order valence-corrected chi connectivity index (χ2v) is 4.45. The smallest absolute Gasteiger partial charge is 0.141 e. The van der Waals surface area contributed by atoms with Gasteiger partial charge in [0, 0.05) is 18.3 Å². The summed E-state index contributed by atoms with van der Waals surface area (Å²) in [5.74, 6) is -0.260. The Morgan fingerprint density at radius 3 is 2.69 bits per heavy atom. The molecule has 1 N–H and O–H groups in total. The summed E-state index contributed by atoms with van der Waals surface area (Å²) in [6.07, 6.45) is 6.31. The zero-order valence-corrected chi connectivity index (χ0v) is 10.3. The van der Waals surface area contributed by atoms with Crippen molar-refractivity contribution in [1.82, 2.24) is 10.3 Å². The Kier molecular flexibility index (Phi) is 5.39. The van der Waals surface area contributed by atoms with Gasteiger partial charge >= 0.3 is 0 Å². The maximum Gasteiger partial charge on any atom is 0.141 e. The van der Waals surface area contributed by atoms with Crippen LogP contribution in [0.3, 0.4) is 0 Å². The van der Waals surface area contributed by atoms with Crippen LogP contribution in [0.25, 0.3) is 0 Å². The number of pyridine rings is 1. The normalized spacial score (nSPS) is 13.1. The number of aromatic nitrogens is 1. The SMILES string of the molecule is CCCCC(NC(C)C)c1cncc(F)c1. The van der Waals surface area contributed by atoms with Crippen LogP contribution >= 0.6 is 0 Å². The molecular formula is C13H21FN2. The number of hydrogen-bond donors (Lipinski definition) is 1. The molecule has 2 nitrogen and oxygen atoms in total. The molecule has 0 amide bonds. The van der Waals surface area contributed by atoms with Crippen LogP contribution in [0.5, 0.6) is 0 Å². The van der Waals surface area contributed by atoms with Gasteiger partial charge in [-0.15, -0.1) is 0 Å². The van der Waals surface area contributed by atoms with Crippen LogP contribution in [0.15, 0.2) is 18.5 Å². The summed E-state index contributed by atoms with van der Waals surface area (Å²) >= 11 is 0. The van der Waals surface area contributed by atoms with Gasteiger partial charge in [0.2, 0.25) is 0 Å². The van der Waals surface area contributed by atoms with E-state index in [-0.39, 0.29) is 11.9 Å². The standard InChI is InChI=1S/C13H21FN2/c1-4-5-6-13(16-10(2)3)11-7-12(14)9-15-8-11/h7-10,13,16H,4-6H2,1-3H3. The van der Waals surface area contributed by atoms with Gasteiger partial charge in [0.25, 0.3) is 0 Å². The molecule has 0 radical (unpaired) electrons. The van der Waals surface area contributed by atoms with E-state index in [1.54, 1.807) is 12.3 Å². The number of unbranched alkanes of at least 4 members (excludes halogenated alkanes) is 1. The maximum atomic E-state index is 13.1. The lowest BCUT2D eigenvalue weighted by molar-refractivity contribution is 0.437. The summed E-state index contributed by atoms with van der Waals surface area (Å²) in [4.78, 5) is 3.91. The van der Waals surface area contributed by atoms with Gasteiger partial charge in [0.15, 0.2) is 0 Å². The Labute approximate surface area is 97.3 Å². The molecule has 1 heterocycles. The molecule has 0 bridgehead atoms. The van der Waals surface area contributed by atoms with E-state index in [1.165, 1.54) is 6.20 Å². The van der Waals surface area contributed by atoms with Crippen molar-refractivity contribution in [3.63, 3.8) is 0 Å². The van der Waals surface area contributed by atoms with E-state index < -0.39 is 0 Å². The molecule has 0 saturated carbocycles. The third-order valence-corrected chi connectivity index (χ3v) is 2.51. The average molecular weight is 224 g/mol. The van der Waals surface area contributed by atoms with E-state index in [2.05, 4.69) is 31.1 Å². The molecule has 0 saturated heterocycles. The highest BCUT2D eigenvalue weighted by molar-refractivity contribution is 5.15. The first-order valence-electron chi connectivity index (χ1n) is 6.00. The van der Waals surface area contributed by atoms with E-state index in [0.717, 1.165) is 24.8 Å². The largest absolute Gasteiger partial charge is 0.308 e. The number of nitrogens with one attached hydrogen (secondary N) is 1. The first kappa shape index (κ1) is 13.1. The second-order valence-electron chi connectivity index (χ2n) is 4.45. The highest BCUT2D eigenvalue weighted by atomic mass is 19.1. The minimum Gasteiger partial charge on any atom is -0.308 e. The molecule has 0 fully saturated rings. The van der Waals surface area contributed by atoms with E-state index >= 15 is 0 Å². The average Bonchev–Trinajstić information content (AvgIpc) is 2.23. The molecule has 0 aliphatic heterocycles. The first-order chi connectivity index (χ1) is 7.63. The molecule has 0 aliphatic carbocycles. The van der Waals surface area contributed by atoms with Gasteiger partial charge in [-0.05, 0) is 18.1 Å². The fourth-order valence-corrected chi connectivity index (χ4v) is 1.78. The van der Waals surface area contributed by atoms with Crippen LogP contribution in [-0.4, -0.2) is 11.0 Å². The van der Waals surface area contributed by atoms with Crippen molar-refractivity contribution in [3.8, 4) is 0 Å². The van der Waals surface area contributed by atoms with Gasteiger partial charge in [-0.1, -0.05) is 33.6 Å². The fraction of sp³-hybridized carbons (Fsp3) is 0.615. The van der Waals surface area contributed by atoms with E-state index in [4.69, 9.17) is 0 Å². The summed E-state index contributed by atoms with van der Waals surface area (Å²) in [5.41, 5.74) is 0.946. The molecule has 0 spiro atoms. The lowest BCUT2D eigenvalue weighted by atomic mass is 10.0. The fourth-order valence-electron chi connectivity index (χ4n) is 1.78. The summed E-state index contributed by atoms with van der Waals surface area (Å²) in [7, 11) is 0. The number of hydrogen-bond acceptors (Lipinski definition) is 2. The molecule has 1 rings (SSSR count). The molecular weight excluding hydrogens is 203 g/mol. The van der Waals surface area contributed by atoms with Gasteiger partial charge in [0.1, 0.15) is 5.82 Å². The third-order valence-electron chi connectivity index (χ3n) is 2.51. The lowest BCUT2D eigenvalue weighted by Crippen LogP contribution is -2.28. The van der Waals surface area contributed by atoms with Gasteiger partial charge in [0.05, 0.1) is 6.20 Å². The van der Waals surface area contributed by atoms with E-state index in [9.17, 15) is 4.39 Å². The van der Waals surface area contributed by atoms with Gasteiger partial charge in [-0.25, -0.2) is 4.39 Å².